The molecule has 0 saturated carbocycles. The van der Waals surface area contributed by atoms with E-state index < -0.39 is 5.97 Å². The van der Waals surface area contributed by atoms with Gasteiger partial charge >= 0.3 is 5.97 Å². The van der Waals surface area contributed by atoms with Crippen molar-refractivity contribution in [2.75, 3.05) is 25.6 Å². The maximum absolute atomic E-state index is 12.1. The summed E-state index contributed by atoms with van der Waals surface area (Å²) in [5, 5.41) is 7.13. The van der Waals surface area contributed by atoms with Crippen molar-refractivity contribution in [3.05, 3.63) is 21.0 Å². The van der Waals surface area contributed by atoms with Crippen LogP contribution in [0.15, 0.2) is 15.5 Å². The fourth-order valence-electron chi connectivity index (χ4n) is 2.15. The number of carbonyl (C=O) groups excluding carboxylic acids is 1. The summed E-state index contributed by atoms with van der Waals surface area (Å²) in [6.07, 6.45) is 3.52. The number of aromatic nitrogens is 2. The van der Waals surface area contributed by atoms with Crippen LogP contribution in [0.3, 0.4) is 0 Å². The molecule has 1 fully saturated rings. The second kappa shape index (κ2) is 6.57. The van der Waals surface area contributed by atoms with Gasteiger partial charge < -0.3 is 14.8 Å². The molecule has 0 bridgehead atoms. The molecule has 1 unspecified atom stereocenters. The van der Waals surface area contributed by atoms with Crippen LogP contribution in [-0.4, -0.2) is 41.6 Å². The molecule has 1 aromatic rings. The molecule has 8 heteroatoms. The molecule has 2 heterocycles. The summed E-state index contributed by atoms with van der Waals surface area (Å²) in [5.74, 6) is -0.524. The van der Waals surface area contributed by atoms with Crippen molar-refractivity contribution >= 4 is 27.6 Å². The fourth-order valence-corrected chi connectivity index (χ4v) is 2.59. The lowest BCUT2D eigenvalue weighted by Crippen LogP contribution is -2.34. The maximum atomic E-state index is 12.1. The number of hydrogen-bond acceptors (Lipinski definition) is 6. The van der Waals surface area contributed by atoms with Gasteiger partial charge in [-0.05, 0) is 35.7 Å². The van der Waals surface area contributed by atoms with Crippen molar-refractivity contribution in [1.29, 1.82) is 0 Å². The third kappa shape index (κ3) is 3.82. The summed E-state index contributed by atoms with van der Waals surface area (Å²) in [6.45, 7) is 3.17. The van der Waals surface area contributed by atoms with Gasteiger partial charge in [-0.25, -0.2) is 4.68 Å². The number of nitrogens with one attached hydrogen (secondary N) is 1. The maximum Gasteiger partial charge on any atom is 0.327 e. The Balaban J connectivity index is 2.09. The summed E-state index contributed by atoms with van der Waals surface area (Å²) in [5.41, 5.74) is -0.0268. The van der Waals surface area contributed by atoms with Gasteiger partial charge in [0.05, 0.1) is 24.6 Å². The zero-order chi connectivity index (χ0) is 15.5. The highest BCUT2D eigenvalue weighted by Crippen LogP contribution is 2.26. The zero-order valence-corrected chi connectivity index (χ0v) is 13.6. The highest BCUT2D eigenvalue weighted by molar-refractivity contribution is 9.10. The number of methoxy groups -OCH3 is 1. The minimum atomic E-state index is -0.524. The van der Waals surface area contributed by atoms with Gasteiger partial charge in [-0.15, -0.1) is 0 Å². The van der Waals surface area contributed by atoms with Crippen molar-refractivity contribution < 1.29 is 14.3 Å². The van der Waals surface area contributed by atoms with Crippen LogP contribution in [0.4, 0.5) is 5.69 Å². The SMILES string of the molecule is COC(=O)Cn1ncc(NCC2(C)CCCO2)c(Br)c1=O. The lowest BCUT2D eigenvalue weighted by atomic mass is 10.0. The van der Waals surface area contributed by atoms with Crippen molar-refractivity contribution in [2.45, 2.75) is 31.9 Å². The van der Waals surface area contributed by atoms with Crippen LogP contribution in [0.2, 0.25) is 0 Å². The molecule has 0 aliphatic carbocycles. The first kappa shape index (κ1) is 16.0. The predicted molar refractivity (Wildman–Crippen MR) is 80.3 cm³/mol. The highest BCUT2D eigenvalue weighted by Gasteiger charge is 2.29. The Bertz CT molecular complexity index is 581. The molecule has 1 aromatic heterocycles. The van der Waals surface area contributed by atoms with Crippen molar-refractivity contribution in [3.63, 3.8) is 0 Å². The smallest absolute Gasteiger partial charge is 0.327 e. The van der Waals surface area contributed by atoms with Gasteiger partial charge in [0.15, 0.2) is 0 Å². The molecule has 0 aromatic carbocycles. The molecule has 1 aliphatic rings. The molecule has 2 rings (SSSR count). The van der Waals surface area contributed by atoms with E-state index in [0.717, 1.165) is 24.1 Å². The Kier molecular flexibility index (Phi) is 5.00. The van der Waals surface area contributed by atoms with E-state index in [9.17, 15) is 9.59 Å². The minimum Gasteiger partial charge on any atom is -0.468 e. The lowest BCUT2D eigenvalue weighted by Gasteiger charge is -2.24. The Morgan fingerprint density at radius 2 is 2.43 bits per heavy atom. The summed E-state index contributed by atoms with van der Waals surface area (Å²) in [7, 11) is 1.26. The van der Waals surface area contributed by atoms with E-state index in [-0.39, 0.29) is 17.7 Å². The lowest BCUT2D eigenvalue weighted by molar-refractivity contribution is -0.141. The second-order valence-electron chi connectivity index (χ2n) is 5.17. The van der Waals surface area contributed by atoms with Gasteiger partial charge in [0.2, 0.25) is 0 Å². The Labute approximate surface area is 130 Å². The Hall–Kier alpha value is -1.41. The van der Waals surface area contributed by atoms with Gasteiger partial charge in [-0.3, -0.25) is 9.59 Å². The predicted octanol–water partition coefficient (Wildman–Crippen LogP) is 1.16. The first-order chi connectivity index (χ1) is 9.95. The number of esters is 1. The summed E-state index contributed by atoms with van der Waals surface area (Å²) >= 11 is 3.24. The molecule has 0 radical (unpaired) electrons. The highest BCUT2D eigenvalue weighted by atomic mass is 79.9. The van der Waals surface area contributed by atoms with E-state index in [2.05, 4.69) is 31.1 Å². The summed E-state index contributed by atoms with van der Waals surface area (Å²) in [4.78, 5) is 23.3. The molecule has 116 valence electrons. The molecule has 1 atom stereocenters. The normalized spacial score (nSPS) is 21.3. The fraction of sp³-hybridized carbons (Fsp3) is 0.615. The van der Waals surface area contributed by atoms with Crippen LogP contribution >= 0.6 is 15.9 Å². The number of carbonyl (C=O) groups is 1. The summed E-state index contributed by atoms with van der Waals surface area (Å²) < 4.78 is 11.6. The van der Waals surface area contributed by atoms with E-state index in [4.69, 9.17) is 4.74 Å². The van der Waals surface area contributed by atoms with E-state index >= 15 is 0 Å². The molecule has 1 N–H and O–H groups in total. The first-order valence-electron chi connectivity index (χ1n) is 6.65. The molecule has 0 amide bonds. The molecule has 21 heavy (non-hydrogen) atoms. The van der Waals surface area contributed by atoms with Crippen LogP contribution in [0, 0.1) is 0 Å². The van der Waals surface area contributed by atoms with Crippen molar-refractivity contribution in [1.82, 2.24) is 9.78 Å². The zero-order valence-electron chi connectivity index (χ0n) is 12.0. The molecular formula is C13H18BrN3O4. The molecule has 1 saturated heterocycles. The van der Waals surface area contributed by atoms with E-state index in [1.807, 2.05) is 6.92 Å². The third-order valence-corrected chi connectivity index (χ3v) is 4.21. The molecule has 1 aliphatic heterocycles. The van der Waals surface area contributed by atoms with E-state index in [1.165, 1.54) is 13.3 Å². The number of hydrogen-bond donors (Lipinski definition) is 1. The number of halogens is 1. The average Bonchev–Trinajstić information content (AvgIpc) is 2.90. The number of ether oxygens (including phenoxy) is 2. The monoisotopic (exact) mass is 359 g/mol. The van der Waals surface area contributed by atoms with E-state index in [1.54, 1.807) is 0 Å². The first-order valence-corrected chi connectivity index (χ1v) is 7.45. The summed E-state index contributed by atoms with van der Waals surface area (Å²) in [6, 6.07) is 0. The topological polar surface area (TPSA) is 82.5 Å². The third-order valence-electron chi connectivity index (χ3n) is 3.44. The van der Waals surface area contributed by atoms with E-state index in [0.29, 0.717) is 16.7 Å². The van der Waals surface area contributed by atoms with Crippen molar-refractivity contribution in [3.8, 4) is 0 Å². The van der Waals surface area contributed by atoms with Gasteiger partial charge in [-0.1, -0.05) is 0 Å². The van der Waals surface area contributed by atoms with Gasteiger partial charge in [0, 0.05) is 13.2 Å². The quantitative estimate of drug-likeness (QED) is 0.794. The number of nitrogens with zero attached hydrogens (tertiary/aromatic N) is 2. The van der Waals surface area contributed by atoms with Gasteiger partial charge in [0.1, 0.15) is 11.0 Å². The van der Waals surface area contributed by atoms with Crippen LogP contribution in [-0.2, 0) is 20.8 Å². The average molecular weight is 360 g/mol. The van der Waals surface area contributed by atoms with Crippen LogP contribution in [0.5, 0.6) is 0 Å². The molecule has 0 spiro atoms. The largest absolute Gasteiger partial charge is 0.468 e. The molecular weight excluding hydrogens is 342 g/mol. The van der Waals surface area contributed by atoms with Crippen LogP contribution in [0.25, 0.3) is 0 Å². The standard InChI is InChI=1S/C13H18BrN3O4/c1-13(4-3-5-21-13)8-15-9-6-16-17(7-10(18)20-2)12(19)11(9)14/h6,15H,3-5,7-8H2,1-2H3. The number of rotatable bonds is 5. The molecule has 7 nitrogen and oxygen atoms in total. The second-order valence-corrected chi connectivity index (χ2v) is 5.96. The van der Waals surface area contributed by atoms with Gasteiger partial charge in [-0.2, -0.15) is 5.10 Å². The minimum absolute atomic E-state index is 0.213. The van der Waals surface area contributed by atoms with Crippen LogP contribution in [0.1, 0.15) is 19.8 Å². The van der Waals surface area contributed by atoms with Gasteiger partial charge in [0.25, 0.3) is 5.56 Å². The Morgan fingerprint density at radius 3 is 3.05 bits per heavy atom. The Morgan fingerprint density at radius 1 is 1.67 bits per heavy atom. The number of anilines is 1. The van der Waals surface area contributed by atoms with Crippen molar-refractivity contribution in [2.24, 2.45) is 0 Å². The van der Waals surface area contributed by atoms with Crippen LogP contribution < -0.4 is 10.9 Å².